The first-order valence-corrected chi connectivity index (χ1v) is 4.29. The van der Waals surface area contributed by atoms with Gasteiger partial charge < -0.3 is 5.32 Å². The van der Waals surface area contributed by atoms with Crippen LogP contribution >= 0.6 is 11.6 Å². The molecule has 0 radical (unpaired) electrons. The first-order chi connectivity index (χ1) is 5.81. The number of fused-ring (bicyclic) bond motifs is 1. The maximum Gasteiger partial charge on any atom is 0.110 e. The minimum Gasteiger partial charge on any atom is -0.378 e. The molecule has 1 aliphatic heterocycles. The lowest BCUT2D eigenvalue weighted by Gasteiger charge is -2.05. The Morgan fingerprint density at radius 2 is 2.42 bits per heavy atom. The topological polar surface area (TPSA) is 12.0 Å². The Hall–Kier alpha value is -0.760. The van der Waals surface area contributed by atoms with Crippen molar-refractivity contribution in [2.75, 3.05) is 12.0 Å². The van der Waals surface area contributed by atoms with E-state index in [1.54, 1.807) is 0 Å². The summed E-state index contributed by atoms with van der Waals surface area (Å²) in [5.41, 5.74) is 2.02. The fourth-order valence-corrected chi connectivity index (χ4v) is 1.76. The van der Waals surface area contributed by atoms with E-state index in [-0.39, 0.29) is 12.7 Å². The molecule has 1 aromatic carbocycles. The zero-order valence-electron chi connectivity index (χ0n) is 6.48. The van der Waals surface area contributed by atoms with Crippen molar-refractivity contribution in [3.8, 4) is 0 Å². The second-order valence-electron chi connectivity index (χ2n) is 2.97. The smallest absolute Gasteiger partial charge is 0.110 e. The number of rotatable bonds is 1. The molecule has 1 heterocycles. The van der Waals surface area contributed by atoms with Crippen LogP contribution in [0.2, 0.25) is 5.02 Å². The lowest BCUT2D eigenvalue weighted by molar-refractivity contribution is 0.450. The first kappa shape index (κ1) is 7.87. The fourth-order valence-electron chi connectivity index (χ4n) is 1.51. The molecular weight excluding hydrogens is 177 g/mol. The maximum atomic E-state index is 12.3. The Bertz CT molecular complexity index is 301. The van der Waals surface area contributed by atoms with Crippen LogP contribution in [0.25, 0.3) is 0 Å². The van der Waals surface area contributed by atoms with Gasteiger partial charge in [0, 0.05) is 0 Å². The summed E-state index contributed by atoms with van der Waals surface area (Å²) in [5.74, 6) is 0. The lowest BCUT2D eigenvalue weighted by atomic mass is 10.1. The summed E-state index contributed by atoms with van der Waals surface area (Å²) < 4.78 is 12.3. The number of alkyl halides is 1. The van der Waals surface area contributed by atoms with Gasteiger partial charge in [0.2, 0.25) is 0 Å². The molecular formula is C9H9ClFN. The van der Waals surface area contributed by atoms with E-state index in [2.05, 4.69) is 5.32 Å². The molecule has 0 bridgehead atoms. The fraction of sp³-hybridized carbons (Fsp3) is 0.333. The summed E-state index contributed by atoms with van der Waals surface area (Å²) in [5, 5.41) is 3.73. The van der Waals surface area contributed by atoms with Crippen LogP contribution in [-0.2, 0) is 6.42 Å². The van der Waals surface area contributed by atoms with Crippen LogP contribution in [-0.4, -0.2) is 12.7 Å². The van der Waals surface area contributed by atoms with Crippen molar-refractivity contribution in [1.29, 1.82) is 0 Å². The van der Waals surface area contributed by atoms with Crippen LogP contribution in [0.1, 0.15) is 5.56 Å². The summed E-state index contributed by atoms with van der Waals surface area (Å²) in [4.78, 5) is 0. The number of benzene rings is 1. The van der Waals surface area contributed by atoms with E-state index >= 15 is 0 Å². The van der Waals surface area contributed by atoms with Crippen LogP contribution < -0.4 is 5.32 Å². The Morgan fingerprint density at radius 1 is 1.58 bits per heavy atom. The number of para-hydroxylation sites is 1. The van der Waals surface area contributed by atoms with Gasteiger partial charge in [-0.05, 0) is 18.1 Å². The van der Waals surface area contributed by atoms with Gasteiger partial charge in [0.25, 0.3) is 0 Å². The summed E-state index contributed by atoms with van der Waals surface area (Å²) in [7, 11) is 0. The van der Waals surface area contributed by atoms with Crippen molar-refractivity contribution in [1.82, 2.24) is 0 Å². The van der Waals surface area contributed by atoms with Crippen molar-refractivity contribution in [3.05, 3.63) is 28.8 Å². The van der Waals surface area contributed by atoms with E-state index in [1.807, 2.05) is 18.2 Å². The van der Waals surface area contributed by atoms with Crippen LogP contribution in [0.5, 0.6) is 0 Å². The first-order valence-electron chi connectivity index (χ1n) is 3.91. The normalized spacial score (nSPS) is 20.3. The van der Waals surface area contributed by atoms with E-state index in [0.717, 1.165) is 17.7 Å². The van der Waals surface area contributed by atoms with Crippen molar-refractivity contribution in [2.24, 2.45) is 0 Å². The third kappa shape index (κ3) is 1.16. The molecule has 1 N–H and O–H groups in total. The Labute approximate surface area is 75.5 Å². The third-order valence-electron chi connectivity index (χ3n) is 2.10. The monoisotopic (exact) mass is 185 g/mol. The third-order valence-corrected chi connectivity index (χ3v) is 2.42. The van der Waals surface area contributed by atoms with Gasteiger partial charge >= 0.3 is 0 Å². The number of anilines is 1. The highest BCUT2D eigenvalue weighted by molar-refractivity contribution is 6.33. The standard InChI is InChI=1S/C9H9ClFN/c10-8-3-1-2-6-4-7(5-11)12-9(6)8/h1-3,7,12H,4-5H2. The molecule has 1 aromatic rings. The number of hydrogen-bond acceptors (Lipinski definition) is 1. The molecule has 1 unspecified atom stereocenters. The van der Waals surface area contributed by atoms with E-state index in [1.165, 1.54) is 0 Å². The maximum absolute atomic E-state index is 12.3. The van der Waals surface area contributed by atoms with Gasteiger partial charge in [0.15, 0.2) is 0 Å². The number of hydrogen-bond donors (Lipinski definition) is 1. The molecule has 0 saturated heterocycles. The molecule has 0 spiro atoms. The van der Waals surface area contributed by atoms with Gasteiger partial charge in [0.05, 0.1) is 16.8 Å². The van der Waals surface area contributed by atoms with Crippen LogP contribution in [0.4, 0.5) is 10.1 Å². The minimum absolute atomic E-state index is 0.0834. The SMILES string of the molecule is FCC1Cc2cccc(Cl)c2N1. The molecule has 64 valence electrons. The minimum atomic E-state index is -0.342. The van der Waals surface area contributed by atoms with Crippen molar-refractivity contribution in [3.63, 3.8) is 0 Å². The number of halogens is 2. The highest BCUT2D eigenvalue weighted by Crippen LogP contribution is 2.32. The van der Waals surface area contributed by atoms with Gasteiger partial charge in [0.1, 0.15) is 6.67 Å². The van der Waals surface area contributed by atoms with E-state index in [0.29, 0.717) is 5.02 Å². The molecule has 0 aromatic heterocycles. The highest BCUT2D eigenvalue weighted by atomic mass is 35.5. The molecule has 3 heteroatoms. The zero-order chi connectivity index (χ0) is 8.55. The quantitative estimate of drug-likeness (QED) is 0.710. The molecule has 1 aliphatic rings. The Morgan fingerprint density at radius 3 is 3.08 bits per heavy atom. The van der Waals surface area contributed by atoms with Crippen LogP contribution in [0.15, 0.2) is 18.2 Å². The summed E-state index contributed by atoms with van der Waals surface area (Å²) in [6.07, 6.45) is 0.742. The molecule has 12 heavy (non-hydrogen) atoms. The largest absolute Gasteiger partial charge is 0.378 e. The molecule has 0 aliphatic carbocycles. The van der Waals surface area contributed by atoms with Crippen LogP contribution in [0.3, 0.4) is 0 Å². The Kier molecular flexibility index (Phi) is 1.93. The van der Waals surface area contributed by atoms with Gasteiger partial charge in [-0.25, -0.2) is 4.39 Å². The van der Waals surface area contributed by atoms with E-state index in [9.17, 15) is 4.39 Å². The lowest BCUT2D eigenvalue weighted by Crippen LogP contribution is -2.17. The van der Waals surface area contributed by atoms with Crippen molar-refractivity contribution in [2.45, 2.75) is 12.5 Å². The van der Waals surface area contributed by atoms with Crippen molar-refractivity contribution >= 4 is 17.3 Å². The summed E-state index contributed by atoms with van der Waals surface area (Å²) >= 11 is 5.91. The van der Waals surface area contributed by atoms with Gasteiger partial charge in [-0.3, -0.25) is 0 Å². The average Bonchev–Trinajstić information content (AvgIpc) is 2.49. The highest BCUT2D eigenvalue weighted by Gasteiger charge is 2.21. The molecule has 1 nitrogen and oxygen atoms in total. The van der Waals surface area contributed by atoms with Gasteiger partial charge in [-0.15, -0.1) is 0 Å². The van der Waals surface area contributed by atoms with Gasteiger partial charge in [-0.1, -0.05) is 23.7 Å². The van der Waals surface area contributed by atoms with Gasteiger partial charge in [-0.2, -0.15) is 0 Å². The molecule has 0 amide bonds. The van der Waals surface area contributed by atoms with E-state index < -0.39 is 0 Å². The molecule has 2 rings (SSSR count). The molecule has 0 fully saturated rings. The second-order valence-corrected chi connectivity index (χ2v) is 3.38. The van der Waals surface area contributed by atoms with E-state index in [4.69, 9.17) is 11.6 Å². The Balaban J connectivity index is 2.35. The average molecular weight is 186 g/mol. The summed E-state index contributed by atoms with van der Waals surface area (Å²) in [6, 6.07) is 5.60. The molecule has 1 atom stereocenters. The van der Waals surface area contributed by atoms with Crippen molar-refractivity contribution < 1.29 is 4.39 Å². The molecule has 0 saturated carbocycles. The summed E-state index contributed by atoms with van der Waals surface area (Å²) in [6.45, 7) is -0.342. The second kappa shape index (κ2) is 2.94. The predicted molar refractivity (Wildman–Crippen MR) is 48.5 cm³/mol. The predicted octanol–water partition coefficient (Wildman–Crippen LogP) is 2.65. The number of nitrogens with one attached hydrogen (secondary N) is 1. The zero-order valence-corrected chi connectivity index (χ0v) is 7.24. The van der Waals surface area contributed by atoms with Crippen LogP contribution in [0, 0.1) is 0 Å².